The number of nitrogens with one attached hydrogen (secondary N) is 4. The molecule has 1 aliphatic heterocycles. The molecule has 486 valence electrons. The molecule has 5 N–H and O–H groups in total. The summed E-state index contributed by atoms with van der Waals surface area (Å²) < 4.78 is 0. The van der Waals surface area contributed by atoms with Crippen molar-refractivity contribution in [1.29, 1.82) is 0 Å². The highest BCUT2D eigenvalue weighted by Gasteiger charge is 2.45. The number of hydrogen-bond donors (Lipinski definition) is 5. The van der Waals surface area contributed by atoms with E-state index >= 15 is 9.59 Å². The van der Waals surface area contributed by atoms with Crippen molar-refractivity contribution >= 4 is 65.0 Å². The van der Waals surface area contributed by atoms with Crippen molar-refractivity contribution in [2.75, 3.05) is 55.9 Å². The van der Waals surface area contributed by atoms with Crippen LogP contribution in [-0.4, -0.2) is 227 Å². The number of aliphatic hydroxyl groups excluding tert-OH is 1. The summed E-state index contributed by atoms with van der Waals surface area (Å²) in [5.41, 5.74) is 0. The van der Waals surface area contributed by atoms with Crippen molar-refractivity contribution in [2.24, 2.45) is 41.4 Å². The van der Waals surface area contributed by atoms with Crippen LogP contribution >= 0.6 is 0 Å². The number of carbonyl (C=O) groups excluding carboxylic acids is 11. The number of rotatable bonds is 15. The second-order valence-electron chi connectivity index (χ2n) is 26.1. The summed E-state index contributed by atoms with van der Waals surface area (Å²) in [6, 6.07) is -12.3. The fraction of sp³-hybridized carbons (Fsp3) is 0.790. The van der Waals surface area contributed by atoms with Gasteiger partial charge in [-0.3, -0.25) is 52.7 Å². The predicted octanol–water partition coefficient (Wildman–Crippen LogP) is 3.27. The average Bonchev–Trinajstić information content (AvgIpc) is 3.62. The number of likely N-dealkylation sites (N-methyl/N-ethyl adjacent to an activating group) is 7. The van der Waals surface area contributed by atoms with Gasteiger partial charge in [-0.1, -0.05) is 109 Å². The van der Waals surface area contributed by atoms with Gasteiger partial charge in [0.05, 0.1) is 12.6 Å². The van der Waals surface area contributed by atoms with E-state index in [0.717, 1.165) is 9.80 Å². The molecule has 0 bridgehead atoms. The van der Waals surface area contributed by atoms with E-state index in [0.29, 0.717) is 6.42 Å². The molecule has 0 aromatic heterocycles. The average molecular weight is 1200 g/mol. The number of hydrogen-bond acceptors (Lipinski definition) is 12. The van der Waals surface area contributed by atoms with E-state index in [4.69, 9.17) is 0 Å². The molecule has 1 saturated heterocycles. The van der Waals surface area contributed by atoms with E-state index in [2.05, 4.69) is 21.3 Å². The molecule has 0 radical (unpaired) electrons. The van der Waals surface area contributed by atoms with E-state index in [9.17, 15) is 48.3 Å². The number of amides is 11. The first-order valence-electron chi connectivity index (χ1n) is 30.6. The first-order chi connectivity index (χ1) is 39.2. The van der Waals surface area contributed by atoms with Crippen molar-refractivity contribution in [1.82, 2.24) is 55.6 Å². The minimum absolute atomic E-state index is 0.0229. The lowest BCUT2D eigenvalue weighted by atomic mass is 9.91. The highest BCUT2D eigenvalue weighted by Crippen LogP contribution is 2.26. The highest BCUT2D eigenvalue weighted by molar-refractivity contribution is 5.99. The topological polar surface area (TPSA) is 279 Å². The summed E-state index contributed by atoms with van der Waals surface area (Å²) in [7, 11) is 9.92. The number of nitrogens with zero attached hydrogens (tertiary/aromatic N) is 7. The Kier molecular flexibility index (Phi) is 31.5. The van der Waals surface area contributed by atoms with E-state index in [1.165, 1.54) is 87.7 Å². The summed E-state index contributed by atoms with van der Waals surface area (Å²) in [6.45, 7) is 29.3. The molecule has 0 aliphatic carbocycles. The molecule has 1 heterocycles. The van der Waals surface area contributed by atoms with Crippen molar-refractivity contribution < 1.29 is 57.8 Å². The van der Waals surface area contributed by atoms with Crippen LogP contribution in [0.5, 0.6) is 0 Å². The Morgan fingerprint density at radius 1 is 0.459 bits per heavy atom. The second kappa shape index (κ2) is 34.9. The van der Waals surface area contributed by atoms with E-state index in [1.807, 2.05) is 61.5 Å². The zero-order chi connectivity index (χ0) is 66.0. The monoisotopic (exact) mass is 1200 g/mol. The predicted molar refractivity (Wildman–Crippen MR) is 328 cm³/mol. The Hall–Kier alpha value is -6.13. The summed E-state index contributed by atoms with van der Waals surface area (Å²) in [5, 5.41) is 23.1. The van der Waals surface area contributed by atoms with Gasteiger partial charge < -0.3 is 60.7 Å². The standard InChI is InChI=1S/C62H111N11O12/c1-25-27-28-40(15)52(75)51-56(79)65-43(26-2)58(81)67(18)33-48(74)68(19)44(29-34(3)4)55(78)66-49(38(11)12)61(84)69(20)45(30-35(5)6)54(77)63-41(16)53(76)64-42(17)57(80)70(21)46(31-36(7)8)59(82)71(22)47(32-37(9)10)60(83)72(23)50(39(13)14)62(85)73(51)24/h25,27,34-47,49-52,75H,26,28-33H2,1-24H3,(H,63,77)(H,64,76)(H,65,79)(H,66,78)/b27-25+/t40-,41+,42-,43?,44+,45+,46+,47+,49+,50?,51+,52-/m1/s1. The quantitative estimate of drug-likeness (QED) is 0.148. The van der Waals surface area contributed by atoms with Gasteiger partial charge in [0, 0.05) is 49.3 Å². The minimum Gasteiger partial charge on any atom is -0.390 e. The molecule has 0 spiro atoms. The molecule has 85 heavy (non-hydrogen) atoms. The second-order valence-corrected chi connectivity index (χ2v) is 26.1. The lowest BCUT2D eigenvalue weighted by Crippen LogP contribution is -2.63. The van der Waals surface area contributed by atoms with Gasteiger partial charge in [-0.15, -0.1) is 0 Å². The fourth-order valence-electron chi connectivity index (χ4n) is 10.7. The SMILES string of the molecule is C/C=C/C[C@@H](C)[C@@H](O)[C@H]1C(=O)NC(CC)C(=O)N(C)CC(=O)N(C)[C@@H](CC(C)C)C(=O)N[C@@H](C(C)C)C(=O)N(C)[C@@H](CC(C)C)C(=O)N[C@@H](C)C(=O)N[C@H](C)C(=O)N(C)[C@@H](CC(C)C)C(=O)N(C)[C@@H](CC(C)C)C(=O)N(C)C(C(C)C)C(=O)N1C. The molecule has 2 unspecified atom stereocenters. The molecule has 0 saturated carbocycles. The molecule has 23 heteroatoms. The van der Waals surface area contributed by atoms with E-state index in [-0.39, 0.29) is 55.8 Å². The lowest BCUT2D eigenvalue weighted by molar-refractivity contribution is -0.157. The Morgan fingerprint density at radius 2 is 0.871 bits per heavy atom. The van der Waals surface area contributed by atoms with Crippen molar-refractivity contribution in [3.8, 4) is 0 Å². The third-order valence-electron chi connectivity index (χ3n) is 16.1. The number of allylic oxidation sites excluding steroid dienone is 2. The van der Waals surface area contributed by atoms with Crippen molar-refractivity contribution in [3.05, 3.63) is 12.2 Å². The Morgan fingerprint density at radius 3 is 1.32 bits per heavy atom. The third kappa shape index (κ3) is 21.7. The van der Waals surface area contributed by atoms with Crippen LogP contribution in [0.4, 0.5) is 0 Å². The maximum absolute atomic E-state index is 15.1. The van der Waals surface area contributed by atoms with Crippen LogP contribution < -0.4 is 21.3 Å². The molecule has 0 aromatic carbocycles. The van der Waals surface area contributed by atoms with Crippen LogP contribution in [-0.2, 0) is 52.7 Å². The normalized spacial score (nSPS) is 26.9. The van der Waals surface area contributed by atoms with Crippen LogP contribution in [0.2, 0.25) is 0 Å². The minimum atomic E-state index is -1.61. The van der Waals surface area contributed by atoms with Gasteiger partial charge >= 0.3 is 0 Å². The van der Waals surface area contributed by atoms with Crippen LogP contribution in [0, 0.1) is 41.4 Å². The van der Waals surface area contributed by atoms with Crippen LogP contribution in [0.1, 0.15) is 156 Å². The molecule has 1 rings (SSSR count). The Labute approximate surface area is 508 Å². The fourth-order valence-corrected chi connectivity index (χ4v) is 10.7. The van der Waals surface area contributed by atoms with Gasteiger partial charge in [-0.25, -0.2) is 0 Å². The lowest BCUT2D eigenvalue weighted by Gasteiger charge is -2.41. The summed E-state index contributed by atoms with van der Waals surface area (Å²) >= 11 is 0. The van der Waals surface area contributed by atoms with Gasteiger partial charge in [-0.05, 0) is 101 Å². The van der Waals surface area contributed by atoms with Crippen molar-refractivity contribution in [2.45, 2.75) is 223 Å². The smallest absolute Gasteiger partial charge is 0.246 e. The number of aliphatic hydroxyl groups is 1. The zero-order valence-corrected chi connectivity index (χ0v) is 56.1. The van der Waals surface area contributed by atoms with Crippen LogP contribution in [0.15, 0.2) is 12.2 Å². The molecule has 0 aromatic rings. The van der Waals surface area contributed by atoms with E-state index in [1.54, 1.807) is 54.5 Å². The van der Waals surface area contributed by atoms with Gasteiger partial charge in [0.1, 0.15) is 60.4 Å². The Balaban J connectivity index is 4.32. The largest absolute Gasteiger partial charge is 0.390 e. The highest BCUT2D eigenvalue weighted by atomic mass is 16.3. The van der Waals surface area contributed by atoms with Crippen LogP contribution in [0.25, 0.3) is 0 Å². The molecule has 1 fully saturated rings. The summed E-state index contributed by atoms with van der Waals surface area (Å²) in [4.78, 5) is 169. The van der Waals surface area contributed by atoms with Gasteiger partial charge in [0.25, 0.3) is 0 Å². The number of carbonyl (C=O) groups is 11. The van der Waals surface area contributed by atoms with Gasteiger partial charge in [0.15, 0.2) is 0 Å². The molecule has 23 nitrogen and oxygen atoms in total. The third-order valence-corrected chi connectivity index (χ3v) is 16.1. The maximum Gasteiger partial charge on any atom is 0.246 e. The molecule has 1 aliphatic rings. The van der Waals surface area contributed by atoms with Crippen LogP contribution in [0.3, 0.4) is 0 Å². The Bertz CT molecular complexity index is 2330. The van der Waals surface area contributed by atoms with Crippen molar-refractivity contribution in [3.63, 3.8) is 0 Å². The zero-order valence-electron chi connectivity index (χ0n) is 56.1. The summed E-state index contributed by atoms with van der Waals surface area (Å²) in [6.07, 6.45) is 3.04. The maximum atomic E-state index is 15.1. The molecular weight excluding hydrogens is 1090 g/mol. The molecule has 12 atom stereocenters. The first-order valence-corrected chi connectivity index (χ1v) is 30.6. The molecular formula is C62H111N11O12. The summed E-state index contributed by atoms with van der Waals surface area (Å²) in [5.74, 6) is -9.71. The van der Waals surface area contributed by atoms with E-state index < -0.39 is 156 Å². The molecule has 11 amide bonds. The van der Waals surface area contributed by atoms with Gasteiger partial charge in [0.2, 0.25) is 65.0 Å². The van der Waals surface area contributed by atoms with Gasteiger partial charge in [-0.2, -0.15) is 0 Å². The first kappa shape index (κ1) is 76.9.